The molecule has 3 rings (SSSR count). The van der Waals surface area contributed by atoms with Crippen molar-refractivity contribution in [3.63, 3.8) is 0 Å². The maximum Gasteiger partial charge on any atom is 0.171 e. The lowest BCUT2D eigenvalue weighted by molar-refractivity contribution is 1.23. The standard InChI is InChI=1S/C14H10Cl2N2S/c1-7-5-8(2)12-9(6-7)17-14(18-13(12)16)10-3-4-11(15)19-10/h3-6H,1-2H3. The highest BCUT2D eigenvalue weighted by molar-refractivity contribution is 7.19. The largest absolute Gasteiger partial charge is 0.227 e. The first-order valence-electron chi connectivity index (χ1n) is 5.75. The lowest BCUT2D eigenvalue weighted by Gasteiger charge is -2.07. The van der Waals surface area contributed by atoms with Gasteiger partial charge in [0.1, 0.15) is 5.15 Å². The van der Waals surface area contributed by atoms with Crippen LogP contribution >= 0.6 is 34.5 Å². The van der Waals surface area contributed by atoms with Crippen LogP contribution < -0.4 is 0 Å². The van der Waals surface area contributed by atoms with Crippen LogP contribution in [0.5, 0.6) is 0 Å². The van der Waals surface area contributed by atoms with E-state index in [4.69, 9.17) is 23.2 Å². The van der Waals surface area contributed by atoms with E-state index in [9.17, 15) is 0 Å². The lowest BCUT2D eigenvalue weighted by Crippen LogP contribution is -1.93. The first kappa shape index (κ1) is 12.9. The van der Waals surface area contributed by atoms with Gasteiger partial charge < -0.3 is 0 Å². The summed E-state index contributed by atoms with van der Waals surface area (Å²) in [5.41, 5.74) is 3.13. The van der Waals surface area contributed by atoms with Crippen LogP contribution in [-0.2, 0) is 0 Å². The molecule has 0 saturated heterocycles. The molecule has 19 heavy (non-hydrogen) atoms. The summed E-state index contributed by atoms with van der Waals surface area (Å²) in [5, 5.41) is 1.40. The van der Waals surface area contributed by atoms with E-state index in [-0.39, 0.29) is 0 Å². The summed E-state index contributed by atoms with van der Waals surface area (Å²) in [6.07, 6.45) is 0. The van der Waals surface area contributed by atoms with Gasteiger partial charge in [0.05, 0.1) is 14.7 Å². The number of nitrogens with zero attached hydrogens (tertiary/aromatic N) is 2. The van der Waals surface area contributed by atoms with Gasteiger partial charge in [-0.25, -0.2) is 9.97 Å². The highest BCUT2D eigenvalue weighted by Crippen LogP contribution is 2.32. The van der Waals surface area contributed by atoms with E-state index in [2.05, 4.69) is 16.0 Å². The molecule has 0 spiro atoms. The van der Waals surface area contributed by atoms with Gasteiger partial charge in [0.15, 0.2) is 5.82 Å². The zero-order valence-corrected chi connectivity index (χ0v) is 12.7. The molecule has 96 valence electrons. The SMILES string of the molecule is Cc1cc(C)c2c(Cl)nc(-c3ccc(Cl)s3)nc2c1. The second-order valence-corrected chi connectivity index (χ2v) is 6.49. The summed E-state index contributed by atoms with van der Waals surface area (Å²) >= 11 is 13.7. The topological polar surface area (TPSA) is 25.8 Å². The molecule has 0 atom stereocenters. The maximum absolute atomic E-state index is 6.30. The van der Waals surface area contributed by atoms with Gasteiger partial charge in [-0.05, 0) is 43.2 Å². The van der Waals surface area contributed by atoms with Gasteiger partial charge >= 0.3 is 0 Å². The second kappa shape index (κ2) is 4.75. The van der Waals surface area contributed by atoms with Crippen molar-refractivity contribution in [2.24, 2.45) is 0 Å². The monoisotopic (exact) mass is 308 g/mol. The van der Waals surface area contributed by atoms with Crippen molar-refractivity contribution in [1.29, 1.82) is 0 Å². The van der Waals surface area contributed by atoms with E-state index >= 15 is 0 Å². The quantitative estimate of drug-likeness (QED) is 0.571. The fraction of sp³-hybridized carbons (Fsp3) is 0.143. The highest BCUT2D eigenvalue weighted by atomic mass is 35.5. The van der Waals surface area contributed by atoms with Crippen molar-refractivity contribution >= 4 is 45.4 Å². The van der Waals surface area contributed by atoms with E-state index in [1.165, 1.54) is 11.3 Å². The third-order valence-corrected chi connectivity index (χ3v) is 4.39. The molecule has 0 aliphatic heterocycles. The third-order valence-electron chi connectivity index (χ3n) is 2.89. The fourth-order valence-corrected chi connectivity index (χ4v) is 3.44. The predicted octanol–water partition coefficient (Wildman–Crippen LogP) is 5.28. The van der Waals surface area contributed by atoms with Crippen molar-refractivity contribution in [1.82, 2.24) is 9.97 Å². The van der Waals surface area contributed by atoms with Gasteiger partial charge in [-0.15, -0.1) is 11.3 Å². The molecule has 3 aromatic rings. The Morgan fingerprint density at radius 2 is 1.84 bits per heavy atom. The number of hydrogen-bond acceptors (Lipinski definition) is 3. The minimum Gasteiger partial charge on any atom is -0.227 e. The van der Waals surface area contributed by atoms with Crippen molar-refractivity contribution in [3.05, 3.63) is 44.9 Å². The van der Waals surface area contributed by atoms with Gasteiger partial charge in [0.2, 0.25) is 0 Å². The van der Waals surface area contributed by atoms with E-state index < -0.39 is 0 Å². The van der Waals surface area contributed by atoms with Gasteiger partial charge in [0.25, 0.3) is 0 Å². The minimum absolute atomic E-state index is 0.488. The molecule has 2 heterocycles. The summed E-state index contributed by atoms with van der Waals surface area (Å²) in [5.74, 6) is 0.624. The van der Waals surface area contributed by atoms with E-state index in [0.717, 1.165) is 31.2 Å². The zero-order valence-electron chi connectivity index (χ0n) is 10.4. The molecule has 0 aliphatic rings. The van der Waals surface area contributed by atoms with Crippen LogP contribution in [0, 0.1) is 13.8 Å². The summed E-state index contributed by atoms with van der Waals surface area (Å²) < 4.78 is 0.718. The zero-order chi connectivity index (χ0) is 13.6. The highest BCUT2D eigenvalue weighted by Gasteiger charge is 2.11. The summed E-state index contributed by atoms with van der Waals surface area (Å²) in [6.45, 7) is 4.07. The Kier molecular flexibility index (Phi) is 3.21. The number of halogens is 2. The predicted molar refractivity (Wildman–Crippen MR) is 82.3 cm³/mol. The smallest absolute Gasteiger partial charge is 0.171 e. The van der Waals surface area contributed by atoms with Crippen LogP contribution in [0.4, 0.5) is 0 Å². The third kappa shape index (κ3) is 2.34. The normalized spacial score (nSPS) is 11.2. The van der Waals surface area contributed by atoms with E-state index in [0.29, 0.717) is 11.0 Å². The Bertz CT molecular complexity index is 780. The molecule has 0 N–H and O–H groups in total. The average Bonchev–Trinajstić information content (AvgIpc) is 2.74. The summed E-state index contributed by atoms with van der Waals surface area (Å²) in [6, 6.07) is 7.85. The summed E-state index contributed by atoms with van der Waals surface area (Å²) in [7, 11) is 0. The number of aryl methyl sites for hydroxylation is 2. The van der Waals surface area contributed by atoms with Crippen LogP contribution in [0.25, 0.3) is 21.6 Å². The van der Waals surface area contributed by atoms with Crippen molar-refractivity contribution in [3.8, 4) is 10.7 Å². The van der Waals surface area contributed by atoms with Crippen molar-refractivity contribution < 1.29 is 0 Å². The fourth-order valence-electron chi connectivity index (χ4n) is 2.13. The molecular weight excluding hydrogens is 299 g/mol. The molecule has 0 bridgehead atoms. The van der Waals surface area contributed by atoms with E-state index in [1.54, 1.807) is 0 Å². The summed E-state index contributed by atoms with van der Waals surface area (Å²) in [4.78, 5) is 9.90. The Hall–Kier alpha value is -1.16. The van der Waals surface area contributed by atoms with E-state index in [1.807, 2.05) is 32.0 Å². The number of hydrogen-bond donors (Lipinski definition) is 0. The van der Waals surface area contributed by atoms with Crippen molar-refractivity contribution in [2.75, 3.05) is 0 Å². The first-order chi connectivity index (χ1) is 9.04. The van der Waals surface area contributed by atoms with Gasteiger partial charge in [0, 0.05) is 5.39 Å². The number of fused-ring (bicyclic) bond motifs is 1. The van der Waals surface area contributed by atoms with Crippen LogP contribution in [-0.4, -0.2) is 9.97 Å². The lowest BCUT2D eigenvalue weighted by atomic mass is 10.1. The number of aromatic nitrogens is 2. The maximum atomic E-state index is 6.30. The molecule has 0 aliphatic carbocycles. The molecular formula is C14H10Cl2N2S. The number of rotatable bonds is 1. The van der Waals surface area contributed by atoms with Gasteiger partial charge in [-0.1, -0.05) is 29.3 Å². The minimum atomic E-state index is 0.488. The van der Waals surface area contributed by atoms with Crippen LogP contribution in [0.1, 0.15) is 11.1 Å². The molecule has 5 heteroatoms. The molecule has 0 saturated carbocycles. The average molecular weight is 309 g/mol. The number of benzene rings is 1. The number of thiophene rings is 1. The van der Waals surface area contributed by atoms with Gasteiger partial charge in [-0.2, -0.15) is 0 Å². The molecule has 0 fully saturated rings. The molecule has 1 aromatic carbocycles. The Morgan fingerprint density at radius 3 is 2.53 bits per heavy atom. The van der Waals surface area contributed by atoms with Crippen LogP contribution in [0.2, 0.25) is 9.49 Å². The van der Waals surface area contributed by atoms with Crippen LogP contribution in [0.3, 0.4) is 0 Å². The first-order valence-corrected chi connectivity index (χ1v) is 7.32. The molecule has 0 amide bonds. The Labute approximate surface area is 125 Å². The Morgan fingerprint density at radius 1 is 1.05 bits per heavy atom. The second-order valence-electron chi connectivity index (χ2n) is 4.42. The molecule has 0 unspecified atom stereocenters. The Balaban J connectivity index is 2.30. The molecule has 2 nitrogen and oxygen atoms in total. The molecule has 2 aromatic heterocycles. The molecule has 0 radical (unpaired) electrons. The van der Waals surface area contributed by atoms with Crippen LogP contribution in [0.15, 0.2) is 24.3 Å². The van der Waals surface area contributed by atoms with Crippen molar-refractivity contribution in [2.45, 2.75) is 13.8 Å². The van der Waals surface area contributed by atoms with Gasteiger partial charge in [-0.3, -0.25) is 0 Å².